The highest BCUT2D eigenvalue weighted by Crippen LogP contribution is 2.17. The number of nitrogens with one attached hydrogen (secondary N) is 2. The zero-order valence-electron chi connectivity index (χ0n) is 11.1. The van der Waals surface area contributed by atoms with Gasteiger partial charge in [-0.3, -0.25) is 0 Å². The van der Waals surface area contributed by atoms with Gasteiger partial charge in [-0.05, 0) is 19.8 Å². The van der Waals surface area contributed by atoms with Crippen molar-refractivity contribution in [3.63, 3.8) is 0 Å². The quantitative estimate of drug-likeness (QED) is 0.836. The second-order valence-electron chi connectivity index (χ2n) is 4.91. The first kappa shape index (κ1) is 13.8. The van der Waals surface area contributed by atoms with E-state index in [1.807, 2.05) is 0 Å². The van der Waals surface area contributed by atoms with Crippen molar-refractivity contribution in [2.45, 2.75) is 58.2 Å². The van der Waals surface area contributed by atoms with Crippen LogP contribution in [0.1, 0.15) is 44.6 Å². The van der Waals surface area contributed by atoms with E-state index in [1.165, 1.54) is 6.42 Å². The van der Waals surface area contributed by atoms with Crippen LogP contribution >= 0.6 is 11.6 Å². The van der Waals surface area contributed by atoms with E-state index >= 15 is 0 Å². The molecule has 0 aromatic carbocycles. The average Bonchev–Trinajstić information content (AvgIpc) is 2.91. The molecule has 5 heteroatoms. The van der Waals surface area contributed by atoms with E-state index in [1.54, 1.807) is 0 Å². The lowest BCUT2D eigenvalue weighted by Gasteiger charge is -2.15. The SMILES string of the molecule is CCCCc1nc(Cl)c(CNC2CCOC2C)[nH]1. The highest BCUT2D eigenvalue weighted by atomic mass is 35.5. The maximum Gasteiger partial charge on any atom is 0.151 e. The number of halogens is 1. The number of aromatic amines is 1. The highest BCUT2D eigenvalue weighted by Gasteiger charge is 2.23. The maximum atomic E-state index is 6.13. The van der Waals surface area contributed by atoms with E-state index in [2.05, 4.69) is 29.1 Å². The number of aryl methyl sites for hydroxylation is 1. The summed E-state index contributed by atoms with van der Waals surface area (Å²) >= 11 is 6.13. The minimum atomic E-state index is 0.284. The van der Waals surface area contributed by atoms with Gasteiger partial charge in [-0.25, -0.2) is 4.98 Å². The molecule has 4 nitrogen and oxygen atoms in total. The third-order valence-electron chi connectivity index (χ3n) is 3.46. The fraction of sp³-hybridized carbons (Fsp3) is 0.769. The Kier molecular flexibility index (Phi) is 5.03. The van der Waals surface area contributed by atoms with Gasteiger partial charge in [0, 0.05) is 25.6 Å². The van der Waals surface area contributed by atoms with Gasteiger partial charge in [0.05, 0.1) is 11.8 Å². The minimum Gasteiger partial charge on any atom is -0.377 e. The predicted octanol–water partition coefficient (Wildman–Crippen LogP) is 2.67. The zero-order valence-corrected chi connectivity index (χ0v) is 11.9. The van der Waals surface area contributed by atoms with Gasteiger partial charge in [-0.2, -0.15) is 0 Å². The van der Waals surface area contributed by atoms with Crippen molar-refractivity contribution in [1.82, 2.24) is 15.3 Å². The number of rotatable bonds is 6. The molecule has 2 unspecified atom stereocenters. The molecule has 0 aliphatic carbocycles. The summed E-state index contributed by atoms with van der Waals surface area (Å²) in [5.41, 5.74) is 0.988. The summed E-state index contributed by atoms with van der Waals surface area (Å²) in [6.45, 7) is 5.86. The number of H-pyrrole nitrogens is 1. The molecule has 0 bridgehead atoms. The lowest BCUT2D eigenvalue weighted by molar-refractivity contribution is 0.113. The molecule has 2 heterocycles. The van der Waals surface area contributed by atoms with E-state index in [-0.39, 0.29) is 6.10 Å². The topological polar surface area (TPSA) is 49.9 Å². The van der Waals surface area contributed by atoms with E-state index < -0.39 is 0 Å². The van der Waals surface area contributed by atoms with Crippen molar-refractivity contribution in [2.75, 3.05) is 6.61 Å². The maximum absolute atomic E-state index is 6.13. The molecule has 2 atom stereocenters. The molecule has 0 radical (unpaired) electrons. The van der Waals surface area contributed by atoms with Crippen LogP contribution in [-0.2, 0) is 17.7 Å². The van der Waals surface area contributed by atoms with E-state index in [0.29, 0.717) is 11.2 Å². The molecule has 2 N–H and O–H groups in total. The number of hydrogen-bond acceptors (Lipinski definition) is 3. The monoisotopic (exact) mass is 271 g/mol. The van der Waals surface area contributed by atoms with E-state index in [9.17, 15) is 0 Å². The second-order valence-corrected chi connectivity index (χ2v) is 5.27. The third-order valence-corrected chi connectivity index (χ3v) is 3.77. The molecule has 0 amide bonds. The first-order chi connectivity index (χ1) is 8.70. The fourth-order valence-electron chi connectivity index (χ4n) is 2.25. The Morgan fingerprint density at radius 2 is 2.39 bits per heavy atom. The number of unbranched alkanes of at least 4 members (excludes halogenated alkanes) is 1. The van der Waals surface area contributed by atoms with Crippen LogP contribution in [0.3, 0.4) is 0 Å². The Morgan fingerprint density at radius 1 is 1.56 bits per heavy atom. The molecule has 0 spiro atoms. The minimum absolute atomic E-state index is 0.284. The van der Waals surface area contributed by atoms with Crippen LogP contribution in [0.2, 0.25) is 5.15 Å². The molecule has 0 saturated carbocycles. The van der Waals surface area contributed by atoms with E-state index in [0.717, 1.165) is 43.9 Å². The Bertz CT molecular complexity index is 380. The van der Waals surface area contributed by atoms with Crippen molar-refractivity contribution < 1.29 is 4.74 Å². The molecule has 1 saturated heterocycles. The lowest BCUT2D eigenvalue weighted by Crippen LogP contribution is -2.34. The van der Waals surface area contributed by atoms with Crippen molar-refractivity contribution in [1.29, 1.82) is 0 Å². The van der Waals surface area contributed by atoms with Crippen LogP contribution in [0, 0.1) is 0 Å². The van der Waals surface area contributed by atoms with Crippen molar-refractivity contribution in [2.24, 2.45) is 0 Å². The van der Waals surface area contributed by atoms with Crippen LogP contribution in [-0.4, -0.2) is 28.7 Å². The number of aromatic nitrogens is 2. The van der Waals surface area contributed by atoms with Crippen molar-refractivity contribution in [3.05, 3.63) is 16.7 Å². The smallest absolute Gasteiger partial charge is 0.151 e. The summed E-state index contributed by atoms with van der Waals surface area (Å²) in [6, 6.07) is 0.420. The first-order valence-corrected chi connectivity index (χ1v) is 7.16. The molecule has 1 aliphatic rings. The number of hydrogen-bond donors (Lipinski definition) is 2. The molecule has 1 aliphatic heterocycles. The summed E-state index contributed by atoms with van der Waals surface area (Å²) < 4.78 is 5.52. The van der Waals surface area contributed by atoms with Gasteiger partial charge in [-0.15, -0.1) is 0 Å². The van der Waals surface area contributed by atoms with Gasteiger partial charge < -0.3 is 15.0 Å². The van der Waals surface area contributed by atoms with Gasteiger partial charge in [0.15, 0.2) is 5.15 Å². The van der Waals surface area contributed by atoms with E-state index in [4.69, 9.17) is 16.3 Å². The Morgan fingerprint density at radius 3 is 3.06 bits per heavy atom. The molecule has 102 valence electrons. The summed E-state index contributed by atoms with van der Waals surface area (Å²) in [5.74, 6) is 0.995. The summed E-state index contributed by atoms with van der Waals surface area (Å²) in [6.07, 6.45) is 4.63. The molecule has 1 aromatic rings. The third kappa shape index (κ3) is 3.46. The molecule has 2 rings (SSSR count). The van der Waals surface area contributed by atoms with Gasteiger partial charge in [0.1, 0.15) is 5.82 Å². The lowest BCUT2D eigenvalue weighted by atomic mass is 10.1. The second kappa shape index (κ2) is 6.55. The number of imidazole rings is 1. The fourth-order valence-corrected chi connectivity index (χ4v) is 2.47. The summed E-state index contributed by atoms with van der Waals surface area (Å²) in [5, 5.41) is 4.07. The first-order valence-electron chi connectivity index (χ1n) is 6.79. The standard InChI is InChI=1S/C13H22ClN3O/c1-3-4-5-12-16-11(13(14)17-12)8-15-10-6-7-18-9(10)2/h9-10,15H,3-8H2,1-2H3,(H,16,17). The Hall–Kier alpha value is -0.580. The van der Waals surface area contributed by atoms with Crippen molar-refractivity contribution >= 4 is 11.6 Å². The predicted molar refractivity (Wildman–Crippen MR) is 72.9 cm³/mol. The molecule has 18 heavy (non-hydrogen) atoms. The molecular formula is C13H22ClN3O. The molecule has 1 aromatic heterocycles. The van der Waals surface area contributed by atoms with Crippen LogP contribution in [0.5, 0.6) is 0 Å². The Labute approximate surface area is 113 Å². The van der Waals surface area contributed by atoms with Crippen LogP contribution in [0.25, 0.3) is 0 Å². The zero-order chi connectivity index (χ0) is 13.0. The normalized spacial score (nSPS) is 23.7. The largest absolute Gasteiger partial charge is 0.377 e. The van der Waals surface area contributed by atoms with Crippen LogP contribution in [0.15, 0.2) is 0 Å². The Balaban J connectivity index is 1.86. The summed E-state index contributed by atoms with van der Waals surface area (Å²) in [4.78, 5) is 7.66. The van der Waals surface area contributed by atoms with Gasteiger partial charge >= 0.3 is 0 Å². The van der Waals surface area contributed by atoms with Gasteiger partial charge in [-0.1, -0.05) is 24.9 Å². The molecule has 1 fully saturated rings. The summed E-state index contributed by atoms with van der Waals surface area (Å²) in [7, 11) is 0. The van der Waals surface area contributed by atoms with Gasteiger partial charge in [0.2, 0.25) is 0 Å². The van der Waals surface area contributed by atoms with Crippen LogP contribution < -0.4 is 5.32 Å². The highest BCUT2D eigenvalue weighted by molar-refractivity contribution is 6.30. The molecular weight excluding hydrogens is 250 g/mol. The van der Waals surface area contributed by atoms with Crippen LogP contribution in [0.4, 0.5) is 0 Å². The number of nitrogens with zero attached hydrogens (tertiary/aromatic N) is 1. The van der Waals surface area contributed by atoms with Crippen molar-refractivity contribution in [3.8, 4) is 0 Å². The number of ether oxygens (including phenoxy) is 1. The average molecular weight is 272 g/mol. The van der Waals surface area contributed by atoms with Gasteiger partial charge in [0.25, 0.3) is 0 Å².